The van der Waals surface area contributed by atoms with Gasteiger partial charge in [-0.1, -0.05) is 13.8 Å². The van der Waals surface area contributed by atoms with Gasteiger partial charge in [0.1, 0.15) is 0 Å². The zero-order valence-electron chi connectivity index (χ0n) is 14.4. The fourth-order valence-electron chi connectivity index (χ4n) is 3.93. The summed E-state index contributed by atoms with van der Waals surface area (Å²) < 4.78 is 5.87. The van der Waals surface area contributed by atoms with Crippen LogP contribution in [-0.4, -0.2) is 42.8 Å². The highest BCUT2D eigenvalue weighted by Crippen LogP contribution is 2.52. The molecule has 0 spiro atoms. The summed E-state index contributed by atoms with van der Waals surface area (Å²) in [6.07, 6.45) is 6.16. The van der Waals surface area contributed by atoms with E-state index in [0.29, 0.717) is 18.1 Å². The minimum absolute atomic E-state index is 0.169. The molecule has 1 aromatic rings. The van der Waals surface area contributed by atoms with Crippen LogP contribution in [0.2, 0.25) is 0 Å². The van der Waals surface area contributed by atoms with Crippen molar-refractivity contribution in [2.45, 2.75) is 45.8 Å². The van der Waals surface area contributed by atoms with Crippen molar-refractivity contribution in [2.24, 2.45) is 16.3 Å². The van der Waals surface area contributed by atoms with Crippen molar-refractivity contribution in [3.63, 3.8) is 0 Å². The van der Waals surface area contributed by atoms with Gasteiger partial charge in [0.05, 0.1) is 6.10 Å². The normalized spacial score (nSPS) is 28.8. The van der Waals surface area contributed by atoms with E-state index >= 15 is 0 Å². The van der Waals surface area contributed by atoms with Crippen LogP contribution in [0.3, 0.4) is 0 Å². The second-order valence-electron chi connectivity index (χ2n) is 7.05. The maximum absolute atomic E-state index is 5.87. The van der Waals surface area contributed by atoms with Gasteiger partial charge < -0.3 is 15.4 Å². The van der Waals surface area contributed by atoms with Crippen LogP contribution in [0, 0.1) is 11.3 Å². The Labute approximate surface area is 138 Å². The molecule has 1 saturated heterocycles. The molecule has 3 unspecified atom stereocenters. The minimum Gasteiger partial charge on any atom is -0.377 e. The molecule has 0 aromatic carbocycles. The van der Waals surface area contributed by atoms with Crippen molar-refractivity contribution in [1.82, 2.24) is 15.6 Å². The molecular weight excluding hydrogens is 288 g/mol. The van der Waals surface area contributed by atoms with Crippen molar-refractivity contribution < 1.29 is 4.74 Å². The largest absolute Gasteiger partial charge is 0.377 e. The number of ether oxygens (including phenoxy) is 1. The molecule has 23 heavy (non-hydrogen) atoms. The van der Waals surface area contributed by atoms with Gasteiger partial charge in [0.25, 0.3) is 0 Å². The average Bonchev–Trinajstić information content (AvgIpc) is 3.00. The number of guanidine groups is 1. The molecule has 0 radical (unpaired) electrons. The molecule has 3 rings (SSSR count). The summed E-state index contributed by atoms with van der Waals surface area (Å²) in [5.74, 6) is 1.54. The first-order valence-electron chi connectivity index (χ1n) is 8.68. The molecule has 2 fully saturated rings. The fourth-order valence-corrected chi connectivity index (χ4v) is 3.93. The highest BCUT2D eigenvalue weighted by Gasteiger charge is 2.59. The predicted octanol–water partition coefficient (Wildman–Crippen LogP) is 1.99. The Bertz CT molecular complexity index is 543. The Morgan fingerprint density at radius 1 is 1.39 bits per heavy atom. The maximum atomic E-state index is 5.87. The predicted molar refractivity (Wildman–Crippen MR) is 92.5 cm³/mol. The SMILES string of the molecule is CCNC(=NCCc1ccncc1)NC1C2CCOC2C1(C)C. The van der Waals surface area contributed by atoms with Gasteiger partial charge >= 0.3 is 0 Å². The van der Waals surface area contributed by atoms with Crippen molar-refractivity contribution in [3.05, 3.63) is 30.1 Å². The smallest absolute Gasteiger partial charge is 0.191 e. The van der Waals surface area contributed by atoms with Crippen molar-refractivity contribution in [1.29, 1.82) is 0 Å². The summed E-state index contributed by atoms with van der Waals surface area (Å²) in [4.78, 5) is 8.79. The van der Waals surface area contributed by atoms with Crippen LogP contribution in [0.25, 0.3) is 0 Å². The van der Waals surface area contributed by atoms with Crippen LogP contribution in [-0.2, 0) is 11.2 Å². The molecule has 0 amide bonds. The maximum Gasteiger partial charge on any atom is 0.191 e. The van der Waals surface area contributed by atoms with Gasteiger partial charge in [-0.3, -0.25) is 9.98 Å². The molecule has 2 aliphatic rings. The summed E-state index contributed by atoms with van der Waals surface area (Å²) in [5.41, 5.74) is 1.44. The van der Waals surface area contributed by atoms with E-state index in [2.05, 4.69) is 36.4 Å². The lowest BCUT2D eigenvalue weighted by Crippen LogP contribution is -2.68. The molecule has 1 aliphatic heterocycles. The first kappa shape index (κ1) is 16.2. The number of hydrogen-bond donors (Lipinski definition) is 2. The van der Waals surface area contributed by atoms with Crippen molar-refractivity contribution in [3.8, 4) is 0 Å². The van der Waals surface area contributed by atoms with Crippen LogP contribution in [0.5, 0.6) is 0 Å². The third-order valence-electron chi connectivity index (χ3n) is 5.16. The third-order valence-corrected chi connectivity index (χ3v) is 5.16. The molecule has 1 aromatic heterocycles. The molecule has 5 nitrogen and oxygen atoms in total. The average molecular weight is 316 g/mol. The lowest BCUT2D eigenvalue weighted by atomic mass is 9.57. The number of nitrogens with zero attached hydrogens (tertiary/aromatic N) is 2. The van der Waals surface area contributed by atoms with E-state index in [1.165, 1.54) is 5.56 Å². The summed E-state index contributed by atoms with van der Waals surface area (Å²) in [6.45, 7) is 9.23. The second-order valence-corrected chi connectivity index (χ2v) is 7.05. The molecule has 126 valence electrons. The van der Waals surface area contributed by atoms with Gasteiger partial charge in [0.15, 0.2) is 5.96 Å². The zero-order chi connectivity index (χ0) is 16.3. The van der Waals surface area contributed by atoms with Gasteiger partial charge in [-0.05, 0) is 37.5 Å². The van der Waals surface area contributed by atoms with Gasteiger partial charge in [0.2, 0.25) is 0 Å². The van der Waals surface area contributed by atoms with E-state index < -0.39 is 0 Å². The summed E-state index contributed by atoms with van der Waals surface area (Å²) in [7, 11) is 0. The first-order valence-corrected chi connectivity index (χ1v) is 8.68. The highest BCUT2D eigenvalue weighted by molar-refractivity contribution is 5.80. The molecule has 2 N–H and O–H groups in total. The number of hydrogen-bond acceptors (Lipinski definition) is 3. The lowest BCUT2D eigenvalue weighted by Gasteiger charge is -2.54. The van der Waals surface area contributed by atoms with E-state index in [-0.39, 0.29) is 5.41 Å². The number of pyridine rings is 1. The van der Waals surface area contributed by atoms with Crippen molar-refractivity contribution in [2.75, 3.05) is 19.7 Å². The Hall–Kier alpha value is -1.62. The molecular formula is C18H28N4O. The van der Waals surface area contributed by atoms with Crippen LogP contribution in [0.1, 0.15) is 32.8 Å². The Balaban J connectivity index is 1.59. The Morgan fingerprint density at radius 2 is 2.17 bits per heavy atom. The van der Waals surface area contributed by atoms with Gasteiger partial charge in [-0.2, -0.15) is 0 Å². The Morgan fingerprint density at radius 3 is 2.91 bits per heavy atom. The molecule has 5 heteroatoms. The van der Waals surface area contributed by atoms with Gasteiger partial charge in [0, 0.05) is 49.5 Å². The summed E-state index contributed by atoms with van der Waals surface area (Å²) in [6, 6.07) is 4.53. The summed E-state index contributed by atoms with van der Waals surface area (Å²) in [5, 5.41) is 7.02. The summed E-state index contributed by atoms with van der Waals surface area (Å²) >= 11 is 0. The van der Waals surface area contributed by atoms with E-state index in [0.717, 1.165) is 38.5 Å². The third kappa shape index (κ3) is 3.34. The quantitative estimate of drug-likeness (QED) is 0.644. The van der Waals surface area contributed by atoms with Crippen LogP contribution < -0.4 is 10.6 Å². The van der Waals surface area contributed by atoms with Crippen LogP contribution in [0.4, 0.5) is 0 Å². The topological polar surface area (TPSA) is 58.5 Å². The van der Waals surface area contributed by atoms with Crippen LogP contribution in [0.15, 0.2) is 29.5 Å². The number of aromatic nitrogens is 1. The van der Waals surface area contributed by atoms with Crippen LogP contribution >= 0.6 is 0 Å². The first-order chi connectivity index (χ1) is 11.1. The van der Waals surface area contributed by atoms with Gasteiger partial charge in [-0.15, -0.1) is 0 Å². The molecule has 2 heterocycles. The van der Waals surface area contributed by atoms with Crippen molar-refractivity contribution >= 4 is 5.96 Å². The molecule has 1 aliphatic carbocycles. The van der Waals surface area contributed by atoms with E-state index in [1.54, 1.807) is 0 Å². The number of nitrogens with one attached hydrogen (secondary N) is 2. The molecule has 0 bridgehead atoms. The van der Waals surface area contributed by atoms with Gasteiger partial charge in [-0.25, -0.2) is 0 Å². The monoisotopic (exact) mass is 316 g/mol. The minimum atomic E-state index is 0.169. The molecule has 3 atom stereocenters. The number of rotatable bonds is 5. The lowest BCUT2D eigenvalue weighted by molar-refractivity contribution is -0.106. The van der Waals surface area contributed by atoms with E-state index in [4.69, 9.17) is 9.73 Å². The van der Waals surface area contributed by atoms with E-state index in [1.807, 2.05) is 24.5 Å². The Kier molecular flexibility index (Phi) is 4.85. The number of aliphatic imine (C=N–C) groups is 1. The van der Waals surface area contributed by atoms with E-state index in [9.17, 15) is 0 Å². The fraction of sp³-hybridized carbons (Fsp3) is 0.667. The molecule has 1 saturated carbocycles. The highest BCUT2D eigenvalue weighted by atomic mass is 16.5. The zero-order valence-corrected chi connectivity index (χ0v) is 14.4. The standard InChI is InChI=1S/C18H28N4O/c1-4-20-17(21-11-7-13-5-9-19-10-6-13)22-15-14-8-12-23-16(14)18(15,2)3/h5-6,9-10,14-16H,4,7-8,11-12H2,1-3H3,(H2,20,21,22). The second kappa shape index (κ2) is 6.87. The number of fused-ring (bicyclic) bond motifs is 1.